The SMILES string of the molecule is CN(Cc1cn(Cc2ccccc2Cl)nc1-c1ccccc1)C(=O)c1ccncc1. The van der Waals surface area contributed by atoms with Crippen molar-refractivity contribution in [2.75, 3.05) is 7.05 Å². The van der Waals surface area contributed by atoms with Crippen molar-refractivity contribution in [1.29, 1.82) is 0 Å². The topological polar surface area (TPSA) is 51.0 Å². The van der Waals surface area contributed by atoms with E-state index in [-0.39, 0.29) is 5.91 Å². The number of carbonyl (C=O) groups excluding carboxylic acids is 1. The van der Waals surface area contributed by atoms with Crippen molar-refractivity contribution in [2.45, 2.75) is 13.1 Å². The second-order valence-electron chi connectivity index (χ2n) is 7.06. The minimum atomic E-state index is -0.0599. The van der Waals surface area contributed by atoms with Crippen molar-refractivity contribution in [3.8, 4) is 11.3 Å². The van der Waals surface area contributed by atoms with Crippen molar-refractivity contribution in [3.63, 3.8) is 0 Å². The zero-order valence-corrected chi connectivity index (χ0v) is 17.3. The molecule has 1 amide bonds. The molecule has 0 aliphatic heterocycles. The number of carbonyl (C=O) groups is 1. The Morgan fingerprint density at radius 3 is 2.40 bits per heavy atom. The second-order valence-corrected chi connectivity index (χ2v) is 7.46. The summed E-state index contributed by atoms with van der Waals surface area (Å²) in [7, 11) is 1.79. The second kappa shape index (κ2) is 8.93. The van der Waals surface area contributed by atoms with Gasteiger partial charge >= 0.3 is 0 Å². The van der Waals surface area contributed by atoms with E-state index in [0.29, 0.717) is 23.7 Å². The molecule has 0 spiro atoms. The van der Waals surface area contributed by atoms with Crippen LogP contribution in [0.1, 0.15) is 21.5 Å². The van der Waals surface area contributed by atoms with Gasteiger partial charge in [-0.1, -0.05) is 60.1 Å². The van der Waals surface area contributed by atoms with Crippen LogP contribution in [0.4, 0.5) is 0 Å². The smallest absolute Gasteiger partial charge is 0.254 e. The van der Waals surface area contributed by atoms with Crippen LogP contribution in [-0.2, 0) is 13.1 Å². The molecule has 0 aliphatic carbocycles. The number of pyridine rings is 1. The fourth-order valence-electron chi connectivity index (χ4n) is 3.34. The first-order chi connectivity index (χ1) is 14.6. The van der Waals surface area contributed by atoms with Crippen LogP contribution in [0, 0.1) is 0 Å². The van der Waals surface area contributed by atoms with Gasteiger partial charge in [-0.2, -0.15) is 5.10 Å². The third-order valence-electron chi connectivity index (χ3n) is 4.86. The number of rotatable bonds is 6. The number of aromatic nitrogens is 3. The summed E-state index contributed by atoms with van der Waals surface area (Å²) in [5.74, 6) is -0.0599. The van der Waals surface area contributed by atoms with Crippen LogP contribution in [0.2, 0.25) is 5.02 Å². The van der Waals surface area contributed by atoms with Gasteiger partial charge in [0, 0.05) is 53.9 Å². The first-order valence-corrected chi connectivity index (χ1v) is 10.0. The molecule has 6 heteroatoms. The maximum Gasteiger partial charge on any atom is 0.254 e. The Balaban J connectivity index is 1.64. The van der Waals surface area contributed by atoms with Crippen molar-refractivity contribution in [2.24, 2.45) is 0 Å². The van der Waals surface area contributed by atoms with Crippen LogP contribution < -0.4 is 0 Å². The van der Waals surface area contributed by atoms with E-state index in [2.05, 4.69) is 4.98 Å². The van der Waals surface area contributed by atoms with Crippen molar-refractivity contribution in [3.05, 3.63) is 107 Å². The summed E-state index contributed by atoms with van der Waals surface area (Å²) in [4.78, 5) is 18.5. The number of nitrogens with zero attached hydrogens (tertiary/aromatic N) is 4. The van der Waals surface area contributed by atoms with E-state index in [1.165, 1.54) is 0 Å². The summed E-state index contributed by atoms with van der Waals surface area (Å²) in [5, 5.41) is 5.52. The van der Waals surface area contributed by atoms with E-state index in [1.807, 2.05) is 65.5 Å². The molecular weight excluding hydrogens is 396 g/mol. The Kier molecular flexibility index (Phi) is 5.91. The van der Waals surface area contributed by atoms with Gasteiger partial charge in [0.25, 0.3) is 5.91 Å². The summed E-state index contributed by atoms with van der Waals surface area (Å²) in [6.07, 6.45) is 5.23. The van der Waals surface area contributed by atoms with E-state index in [9.17, 15) is 4.79 Å². The lowest BCUT2D eigenvalue weighted by Gasteiger charge is -2.17. The Hall–Kier alpha value is -3.44. The number of hydrogen-bond donors (Lipinski definition) is 0. The van der Waals surface area contributed by atoms with Gasteiger partial charge in [0.2, 0.25) is 0 Å². The highest BCUT2D eigenvalue weighted by atomic mass is 35.5. The van der Waals surface area contributed by atoms with Crippen LogP contribution in [0.5, 0.6) is 0 Å². The highest BCUT2D eigenvalue weighted by Gasteiger charge is 2.17. The molecule has 150 valence electrons. The minimum Gasteiger partial charge on any atom is -0.337 e. The quantitative estimate of drug-likeness (QED) is 0.448. The monoisotopic (exact) mass is 416 g/mol. The van der Waals surface area contributed by atoms with E-state index < -0.39 is 0 Å². The van der Waals surface area contributed by atoms with Crippen molar-refractivity contribution in [1.82, 2.24) is 19.7 Å². The van der Waals surface area contributed by atoms with Gasteiger partial charge < -0.3 is 4.90 Å². The first kappa shape index (κ1) is 19.9. The first-order valence-electron chi connectivity index (χ1n) is 9.62. The fraction of sp³-hybridized carbons (Fsp3) is 0.125. The van der Waals surface area contributed by atoms with Gasteiger partial charge in [-0.05, 0) is 23.8 Å². The predicted molar refractivity (Wildman–Crippen MR) is 118 cm³/mol. The molecule has 0 radical (unpaired) electrons. The maximum absolute atomic E-state index is 12.8. The minimum absolute atomic E-state index is 0.0599. The average Bonchev–Trinajstić information content (AvgIpc) is 3.18. The lowest BCUT2D eigenvalue weighted by Crippen LogP contribution is -2.26. The van der Waals surface area contributed by atoms with Gasteiger partial charge in [-0.3, -0.25) is 14.5 Å². The maximum atomic E-state index is 12.8. The van der Waals surface area contributed by atoms with Crippen LogP contribution >= 0.6 is 11.6 Å². The summed E-state index contributed by atoms with van der Waals surface area (Å²) in [6, 6.07) is 21.2. The van der Waals surface area contributed by atoms with Gasteiger partial charge in [0.15, 0.2) is 0 Å². The van der Waals surface area contributed by atoms with Gasteiger partial charge in [0.1, 0.15) is 0 Å². The van der Waals surface area contributed by atoms with Gasteiger partial charge in [0.05, 0.1) is 12.2 Å². The summed E-state index contributed by atoms with van der Waals surface area (Å²) >= 11 is 6.33. The summed E-state index contributed by atoms with van der Waals surface area (Å²) in [5.41, 5.74) is 4.44. The van der Waals surface area contributed by atoms with Gasteiger partial charge in [-0.25, -0.2) is 0 Å². The molecule has 5 nitrogen and oxygen atoms in total. The molecule has 0 atom stereocenters. The average molecular weight is 417 g/mol. The van der Waals surface area contributed by atoms with E-state index in [1.54, 1.807) is 36.5 Å². The van der Waals surface area contributed by atoms with Crippen molar-refractivity contribution >= 4 is 17.5 Å². The number of benzene rings is 2. The molecule has 30 heavy (non-hydrogen) atoms. The molecule has 2 aromatic heterocycles. The summed E-state index contributed by atoms with van der Waals surface area (Å²) in [6.45, 7) is 0.995. The molecule has 0 bridgehead atoms. The highest BCUT2D eigenvalue weighted by molar-refractivity contribution is 6.31. The van der Waals surface area contributed by atoms with E-state index in [4.69, 9.17) is 16.7 Å². The van der Waals surface area contributed by atoms with Crippen LogP contribution in [0.15, 0.2) is 85.3 Å². The largest absolute Gasteiger partial charge is 0.337 e. The third kappa shape index (κ3) is 4.42. The van der Waals surface area contributed by atoms with Crippen molar-refractivity contribution < 1.29 is 4.79 Å². The zero-order chi connectivity index (χ0) is 20.9. The lowest BCUT2D eigenvalue weighted by molar-refractivity contribution is 0.0785. The molecule has 0 aliphatic rings. The molecule has 0 fully saturated rings. The fourth-order valence-corrected chi connectivity index (χ4v) is 3.54. The molecule has 4 rings (SSSR count). The van der Waals surface area contributed by atoms with Crippen LogP contribution in [0.25, 0.3) is 11.3 Å². The Morgan fingerprint density at radius 2 is 1.67 bits per heavy atom. The highest BCUT2D eigenvalue weighted by Crippen LogP contribution is 2.25. The van der Waals surface area contributed by atoms with Gasteiger partial charge in [-0.15, -0.1) is 0 Å². The summed E-state index contributed by atoms with van der Waals surface area (Å²) < 4.78 is 1.88. The molecule has 0 N–H and O–H groups in total. The molecule has 2 heterocycles. The number of halogens is 1. The lowest BCUT2D eigenvalue weighted by atomic mass is 10.1. The van der Waals surface area contributed by atoms with Crippen LogP contribution in [0.3, 0.4) is 0 Å². The zero-order valence-electron chi connectivity index (χ0n) is 16.6. The standard InChI is InChI=1S/C24H21ClN4O/c1-28(24(30)19-11-13-26-14-12-19)15-21-17-29(16-20-9-5-6-10-22(20)25)27-23(21)18-7-3-2-4-8-18/h2-14,17H,15-16H2,1H3. The van der Waals surface area contributed by atoms with E-state index in [0.717, 1.165) is 22.4 Å². The van der Waals surface area contributed by atoms with E-state index >= 15 is 0 Å². The number of hydrogen-bond acceptors (Lipinski definition) is 3. The predicted octanol–water partition coefficient (Wildman–Crippen LogP) is 4.92. The molecular formula is C24H21ClN4O. The number of amides is 1. The molecule has 0 unspecified atom stereocenters. The normalized spacial score (nSPS) is 10.7. The van der Waals surface area contributed by atoms with Crippen LogP contribution in [-0.4, -0.2) is 32.6 Å². The Bertz CT molecular complexity index is 1140. The molecule has 0 saturated carbocycles. The molecule has 4 aromatic rings. The third-order valence-corrected chi connectivity index (χ3v) is 5.23. The molecule has 2 aromatic carbocycles. The Labute approximate surface area is 180 Å². The Morgan fingerprint density at radius 1 is 0.967 bits per heavy atom. The molecule has 0 saturated heterocycles.